The van der Waals surface area contributed by atoms with E-state index in [2.05, 4.69) is 13.8 Å². The second-order valence-corrected chi connectivity index (χ2v) is 20.7. The zero-order chi connectivity index (χ0) is 45.0. The fourth-order valence-electron chi connectivity index (χ4n) is 7.78. The highest BCUT2D eigenvalue weighted by molar-refractivity contribution is 7.45. The molecule has 0 aromatic carbocycles. The molecule has 0 saturated heterocycles. The summed E-state index contributed by atoms with van der Waals surface area (Å²) >= 11 is 0. The molecule has 61 heavy (non-hydrogen) atoms. The normalized spacial score (nSPS) is 13.3. The molecular weight excluding hydrogens is 786 g/mol. The molecule has 0 N–H and O–H groups in total. The number of quaternary nitrogens is 1. The van der Waals surface area contributed by atoms with Gasteiger partial charge >= 0.3 is 11.9 Å². The van der Waals surface area contributed by atoms with Crippen molar-refractivity contribution in [1.29, 1.82) is 0 Å². The molecule has 0 aliphatic carbocycles. The van der Waals surface area contributed by atoms with Crippen molar-refractivity contribution in [3.05, 3.63) is 0 Å². The third-order valence-corrected chi connectivity index (χ3v) is 12.8. The first-order valence-electron chi connectivity index (χ1n) is 26.2. The molecule has 0 aliphatic rings. The Hall–Kier alpha value is -0.990. The highest BCUT2D eigenvalue weighted by atomic mass is 31.2. The lowest BCUT2D eigenvalue weighted by Gasteiger charge is -2.28. The number of unbranched alkanes of at least 4 members (excludes halogenated alkanes) is 35. The lowest BCUT2D eigenvalue weighted by atomic mass is 10.0. The summed E-state index contributed by atoms with van der Waals surface area (Å²) in [5, 5.41) is 0. The monoisotopic (exact) mass is 888 g/mol. The van der Waals surface area contributed by atoms with Crippen LogP contribution in [0.3, 0.4) is 0 Å². The summed E-state index contributed by atoms with van der Waals surface area (Å²) in [4.78, 5) is 37.7. The minimum atomic E-state index is -4.62. The summed E-state index contributed by atoms with van der Waals surface area (Å²) in [6.07, 6.45) is 47.1. The molecular formula is C51H102NO8P. The molecule has 0 aromatic rings. The van der Waals surface area contributed by atoms with Crippen molar-refractivity contribution in [3.63, 3.8) is 0 Å². The zero-order valence-corrected chi connectivity index (χ0v) is 42.0. The van der Waals surface area contributed by atoms with E-state index in [1.165, 1.54) is 199 Å². The number of likely N-dealkylation sites (N-methyl/N-ethyl adjacent to an activating group) is 1. The largest absolute Gasteiger partial charge is 0.756 e. The number of carbonyl (C=O) groups excluding carboxylic acids is 2. The van der Waals surface area contributed by atoms with E-state index in [4.69, 9.17) is 18.5 Å². The molecule has 0 aliphatic heterocycles. The van der Waals surface area contributed by atoms with Gasteiger partial charge in [0, 0.05) is 12.8 Å². The Balaban J connectivity index is 4.14. The van der Waals surface area contributed by atoms with Crippen LogP contribution in [-0.4, -0.2) is 70.0 Å². The van der Waals surface area contributed by atoms with E-state index < -0.39 is 26.5 Å². The van der Waals surface area contributed by atoms with Gasteiger partial charge in [-0.3, -0.25) is 14.2 Å². The van der Waals surface area contributed by atoms with Gasteiger partial charge < -0.3 is 27.9 Å². The van der Waals surface area contributed by atoms with Crippen LogP contribution in [0.25, 0.3) is 0 Å². The minimum Gasteiger partial charge on any atom is -0.756 e. The fraction of sp³-hybridized carbons (Fsp3) is 0.961. The van der Waals surface area contributed by atoms with Gasteiger partial charge in [0.1, 0.15) is 19.8 Å². The van der Waals surface area contributed by atoms with Crippen LogP contribution in [0.4, 0.5) is 0 Å². The zero-order valence-electron chi connectivity index (χ0n) is 41.1. The lowest BCUT2D eigenvalue weighted by Crippen LogP contribution is -2.37. The smallest absolute Gasteiger partial charge is 0.306 e. The highest BCUT2D eigenvalue weighted by Crippen LogP contribution is 2.38. The molecule has 0 bridgehead atoms. The average Bonchev–Trinajstić information content (AvgIpc) is 3.21. The van der Waals surface area contributed by atoms with Crippen LogP contribution in [0.2, 0.25) is 0 Å². The Morgan fingerprint density at radius 1 is 0.443 bits per heavy atom. The quantitative estimate of drug-likeness (QED) is 0.0257. The van der Waals surface area contributed by atoms with Crippen molar-refractivity contribution < 1.29 is 42.1 Å². The van der Waals surface area contributed by atoms with Gasteiger partial charge in [-0.15, -0.1) is 0 Å². The van der Waals surface area contributed by atoms with E-state index >= 15 is 0 Å². The Morgan fingerprint density at radius 2 is 0.738 bits per heavy atom. The summed E-state index contributed by atoms with van der Waals surface area (Å²) < 4.78 is 34.1. The van der Waals surface area contributed by atoms with Gasteiger partial charge in [-0.1, -0.05) is 239 Å². The van der Waals surface area contributed by atoms with E-state index in [0.717, 1.165) is 32.1 Å². The van der Waals surface area contributed by atoms with E-state index in [-0.39, 0.29) is 32.0 Å². The topological polar surface area (TPSA) is 111 Å². The predicted octanol–water partition coefficient (Wildman–Crippen LogP) is 14.9. The average molecular weight is 888 g/mol. The van der Waals surface area contributed by atoms with Crippen LogP contribution in [0.1, 0.15) is 264 Å². The Morgan fingerprint density at radius 3 is 1.05 bits per heavy atom. The van der Waals surface area contributed by atoms with Gasteiger partial charge in [0.15, 0.2) is 6.10 Å². The number of hydrogen-bond acceptors (Lipinski definition) is 8. The Kier molecular flexibility index (Phi) is 43.5. The summed E-state index contributed by atoms with van der Waals surface area (Å²) in [5.74, 6) is -0.814. The number of esters is 2. The van der Waals surface area contributed by atoms with Crippen LogP contribution < -0.4 is 4.89 Å². The number of ether oxygens (including phenoxy) is 2. The minimum absolute atomic E-state index is 0.0253. The summed E-state index contributed by atoms with van der Waals surface area (Å²) in [6.45, 7) is 4.29. The van der Waals surface area contributed by atoms with Gasteiger partial charge in [-0.05, 0) is 12.8 Å². The Bertz CT molecular complexity index is 1010. The molecule has 0 aromatic heterocycles. The van der Waals surface area contributed by atoms with Crippen molar-refractivity contribution in [1.82, 2.24) is 0 Å². The van der Waals surface area contributed by atoms with Crippen LogP contribution in [-0.2, 0) is 32.7 Å². The van der Waals surface area contributed by atoms with Crippen LogP contribution in [0.15, 0.2) is 0 Å². The third kappa shape index (κ3) is 48.3. The lowest BCUT2D eigenvalue weighted by molar-refractivity contribution is -0.870. The number of phosphoric ester groups is 1. The molecule has 0 amide bonds. The van der Waals surface area contributed by atoms with Gasteiger partial charge in [-0.2, -0.15) is 0 Å². The van der Waals surface area contributed by atoms with E-state index in [0.29, 0.717) is 17.4 Å². The van der Waals surface area contributed by atoms with E-state index in [9.17, 15) is 19.0 Å². The molecule has 0 heterocycles. The number of nitrogens with zero attached hydrogens (tertiary/aromatic N) is 1. The maximum absolute atomic E-state index is 12.7. The third-order valence-electron chi connectivity index (χ3n) is 11.9. The molecule has 364 valence electrons. The van der Waals surface area contributed by atoms with Crippen molar-refractivity contribution in [3.8, 4) is 0 Å². The molecule has 2 atom stereocenters. The highest BCUT2D eigenvalue weighted by Gasteiger charge is 2.21. The van der Waals surface area contributed by atoms with Gasteiger partial charge in [0.05, 0.1) is 27.7 Å². The van der Waals surface area contributed by atoms with Crippen molar-refractivity contribution in [2.24, 2.45) is 0 Å². The first kappa shape index (κ1) is 60.0. The van der Waals surface area contributed by atoms with Crippen LogP contribution in [0, 0.1) is 0 Å². The van der Waals surface area contributed by atoms with E-state index in [1.807, 2.05) is 21.1 Å². The van der Waals surface area contributed by atoms with Gasteiger partial charge in [-0.25, -0.2) is 0 Å². The second kappa shape index (κ2) is 44.2. The standard InChI is InChI=1S/C51H102NO8P/c1-6-8-10-12-14-16-18-20-22-23-24-25-26-27-28-29-30-32-34-36-38-40-42-44-51(54)60-49(48-59-61(55,56)58-46-45-52(3,4)5)47-57-50(53)43-41-39-37-35-33-31-21-19-17-15-13-11-9-7-2/h49H,6-48H2,1-5H3/t49-/m1/s1. The number of rotatable bonds is 49. The van der Waals surface area contributed by atoms with Crippen molar-refractivity contribution in [2.45, 2.75) is 270 Å². The summed E-state index contributed by atoms with van der Waals surface area (Å²) in [6, 6.07) is 0. The number of carbonyl (C=O) groups is 2. The number of hydrogen-bond donors (Lipinski definition) is 0. The van der Waals surface area contributed by atoms with Crippen LogP contribution >= 0.6 is 7.82 Å². The molecule has 0 rings (SSSR count). The van der Waals surface area contributed by atoms with Crippen molar-refractivity contribution >= 4 is 19.8 Å². The fourth-order valence-corrected chi connectivity index (χ4v) is 8.50. The molecule has 9 nitrogen and oxygen atoms in total. The molecule has 0 saturated carbocycles. The molecule has 1 unspecified atom stereocenters. The summed E-state index contributed by atoms with van der Waals surface area (Å²) in [5.41, 5.74) is 0. The first-order chi connectivity index (χ1) is 29.5. The maximum Gasteiger partial charge on any atom is 0.306 e. The number of phosphoric acid groups is 1. The van der Waals surface area contributed by atoms with Gasteiger partial charge in [0.2, 0.25) is 0 Å². The molecule has 10 heteroatoms. The second-order valence-electron chi connectivity index (χ2n) is 19.3. The van der Waals surface area contributed by atoms with Gasteiger partial charge in [0.25, 0.3) is 7.82 Å². The Labute approximate surface area is 378 Å². The molecule has 0 fully saturated rings. The first-order valence-corrected chi connectivity index (χ1v) is 27.7. The van der Waals surface area contributed by atoms with Crippen LogP contribution in [0.5, 0.6) is 0 Å². The predicted molar refractivity (Wildman–Crippen MR) is 255 cm³/mol. The molecule has 0 spiro atoms. The summed E-state index contributed by atoms with van der Waals surface area (Å²) in [7, 11) is 1.19. The van der Waals surface area contributed by atoms with Crippen molar-refractivity contribution in [2.75, 3.05) is 47.5 Å². The molecule has 0 radical (unpaired) electrons. The maximum atomic E-state index is 12.7. The van der Waals surface area contributed by atoms with E-state index in [1.54, 1.807) is 0 Å². The SMILES string of the molecule is CCCCCCCCCCCCCCCCCCCCCCCCCC(=O)O[C@H](COC(=O)CCCCCCCCCCCCCCCC)COP(=O)([O-])OCC[N+](C)(C)C.